The zero-order valence-corrected chi connectivity index (χ0v) is 12.5. The molecule has 0 fully saturated rings. The number of benzene rings is 2. The van der Waals surface area contributed by atoms with Crippen LogP contribution in [0.3, 0.4) is 0 Å². The summed E-state index contributed by atoms with van der Waals surface area (Å²) in [4.78, 5) is 0. The number of nitrogens with zero attached hydrogens (tertiary/aromatic N) is 1. The minimum atomic E-state index is 0.549. The topological polar surface area (TPSA) is 40.2 Å². The van der Waals surface area contributed by atoms with Gasteiger partial charge in [-0.2, -0.15) is 0 Å². The lowest BCUT2D eigenvalue weighted by Gasteiger charge is -2.06. The highest BCUT2D eigenvalue weighted by Crippen LogP contribution is 2.25. The second kappa shape index (κ2) is 5.62. The van der Waals surface area contributed by atoms with Crippen LogP contribution in [0.25, 0.3) is 10.9 Å². The maximum absolute atomic E-state index is 5.90. The van der Waals surface area contributed by atoms with E-state index in [0.717, 1.165) is 11.3 Å². The lowest BCUT2D eigenvalue weighted by molar-refractivity contribution is 0.307. The third-order valence-electron chi connectivity index (χ3n) is 3.80. The molecule has 0 spiro atoms. The fraction of sp³-hybridized carbons (Fsp3) is 0.222. The summed E-state index contributed by atoms with van der Waals surface area (Å²) in [5.41, 5.74) is 10.6. The average Bonchev–Trinajstić information content (AvgIpc) is 2.83. The van der Waals surface area contributed by atoms with Crippen molar-refractivity contribution < 1.29 is 4.74 Å². The first-order chi connectivity index (χ1) is 10.2. The van der Waals surface area contributed by atoms with Crippen molar-refractivity contribution in [2.75, 3.05) is 0 Å². The first-order valence-electron chi connectivity index (χ1n) is 7.14. The molecule has 3 aromatic rings. The van der Waals surface area contributed by atoms with Crippen molar-refractivity contribution in [3.63, 3.8) is 0 Å². The summed E-state index contributed by atoms with van der Waals surface area (Å²) in [5, 5.41) is 1.22. The molecule has 108 valence electrons. The van der Waals surface area contributed by atoms with Gasteiger partial charge in [0.2, 0.25) is 0 Å². The van der Waals surface area contributed by atoms with Crippen LogP contribution in [0.4, 0.5) is 0 Å². The number of hydrogen-bond donors (Lipinski definition) is 1. The quantitative estimate of drug-likeness (QED) is 0.794. The SMILES string of the molecule is Cc1ccc(OCc2cn(C)c3c(CN)cccc23)cc1. The van der Waals surface area contributed by atoms with Gasteiger partial charge in [0.05, 0.1) is 5.52 Å². The normalized spacial score (nSPS) is 11.0. The molecular weight excluding hydrogens is 260 g/mol. The van der Waals surface area contributed by atoms with Gasteiger partial charge in [-0.3, -0.25) is 0 Å². The second-order valence-electron chi connectivity index (χ2n) is 5.38. The fourth-order valence-electron chi connectivity index (χ4n) is 2.71. The van der Waals surface area contributed by atoms with Crippen LogP contribution in [0, 0.1) is 6.92 Å². The monoisotopic (exact) mass is 280 g/mol. The third kappa shape index (κ3) is 2.65. The molecule has 2 N–H and O–H groups in total. The van der Waals surface area contributed by atoms with E-state index in [1.54, 1.807) is 0 Å². The summed E-state index contributed by atoms with van der Waals surface area (Å²) in [6.07, 6.45) is 2.12. The van der Waals surface area contributed by atoms with E-state index >= 15 is 0 Å². The largest absolute Gasteiger partial charge is 0.489 e. The Kier molecular flexibility index (Phi) is 3.67. The van der Waals surface area contributed by atoms with Gasteiger partial charge in [0.15, 0.2) is 0 Å². The second-order valence-corrected chi connectivity index (χ2v) is 5.38. The highest BCUT2D eigenvalue weighted by atomic mass is 16.5. The predicted molar refractivity (Wildman–Crippen MR) is 86.3 cm³/mol. The molecule has 0 bridgehead atoms. The zero-order valence-electron chi connectivity index (χ0n) is 12.5. The Morgan fingerprint density at radius 1 is 1.05 bits per heavy atom. The Hall–Kier alpha value is -2.26. The van der Waals surface area contributed by atoms with Crippen LogP contribution < -0.4 is 10.5 Å². The standard InChI is InChI=1S/C18H20N2O/c1-13-6-8-16(9-7-13)21-12-15-11-20(2)18-14(10-19)4-3-5-17(15)18/h3-9,11H,10,12,19H2,1-2H3. The zero-order chi connectivity index (χ0) is 14.8. The molecule has 3 heteroatoms. The smallest absolute Gasteiger partial charge is 0.119 e. The van der Waals surface area contributed by atoms with Crippen molar-refractivity contribution in [2.45, 2.75) is 20.1 Å². The summed E-state index contributed by atoms with van der Waals surface area (Å²) < 4.78 is 8.03. The number of para-hydroxylation sites is 1. The molecule has 2 aromatic carbocycles. The maximum Gasteiger partial charge on any atom is 0.119 e. The molecule has 0 saturated heterocycles. The van der Waals surface area contributed by atoms with E-state index in [-0.39, 0.29) is 0 Å². The Bertz CT molecular complexity index is 757. The molecule has 0 saturated carbocycles. The van der Waals surface area contributed by atoms with Gasteiger partial charge in [-0.25, -0.2) is 0 Å². The first-order valence-corrected chi connectivity index (χ1v) is 7.14. The number of aryl methyl sites for hydroxylation is 2. The third-order valence-corrected chi connectivity index (χ3v) is 3.80. The van der Waals surface area contributed by atoms with Crippen LogP contribution in [-0.2, 0) is 20.2 Å². The van der Waals surface area contributed by atoms with E-state index in [4.69, 9.17) is 10.5 Å². The van der Waals surface area contributed by atoms with Crippen LogP contribution in [0.5, 0.6) is 5.75 Å². The molecule has 3 rings (SSSR count). The lowest BCUT2D eigenvalue weighted by atomic mass is 10.1. The molecule has 0 amide bonds. The molecular formula is C18H20N2O. The highest BCUT2D eigenvalue weighted by Gasteiger charge is 2.10. The number of fused-ring (bicyclic) bond motifs is 1. The van der Waals surface area contributed by atoms with Crippen molar-refractivity contribution in [1.29, 1.82) is 0 Å². The Morgan fingerprint density at radius 3 is 2.52 bits per heavy atom. The van der Waals surface area contributed by atoms with Gasteiger partial charge in [0.1, 0.15) is 12.4 Å². The van der Waals surface area contributed by atoms with Gasteiger partial charge in [0.25, 0.3) is 0 Å². The summed E-state index contributed by atoms with van der Waals surface area (Å²) in [7, 11) is 2.05. The van der Waals surface area contributed by atoms with Crippen molar-refractivity contribution in [3.8, 4) is 5.75 Å². The molecule has 0 unspecified atom stereocenters. The van der Waals surface area contributed by atoms with E-state index in [2.05, 4.69) is 55.1 Å². The van der Waals surface area contributed by atoms with Crippen LogP contribution >= 0.6 is 0 Å². The van der Waals surface area contributed by atoms with E-state index in [1.165, 1.54) is 22.0 Å². The van der Waals surface area contributed by atoms with E-state index in [9.17, 15) is 0 Å². The molecule has 0 radical (unpaired) electrons. The summed E-state index contributed by atoms with van der Waals surface area (Å²) in [5.74, 6) is 0.896. The Balaban J connectivity index is 1.89. The molecule has 1 aromatic heterocycles. The van der Waals surface area contributed by atoms with Crippen LogP contribution in [-0.4, -0.2) is 4.57 Å². The fourth-order valence-corrected chi connectivity index (χ4v) is 2.71. The maximum atomic E-state index is 5.90. The number of hydrogen-bond acceptors (Lipinski definition) is 2. The minimum absolute atomic E-state index is 0.549. The Labute approximate surface area is 125 Å². The van der Waals surface area contributed by atoms with Crippen LogP contribution in [0.15, 0.2) is 48.7 Å². The summed E-state index contributed by atoms with van der Waals surface area (Å²) in [6, 6.07) is 14.4. The molecule has 0 aliphatic heterocycles. The van der Waals surface area contributed by atoms with Crippen LogP contribution in [0.1, 0.15) is 16.7 Å². The number of aromatic nitrogens is 1. The molecule has 21 heavy (non-hydrogen) atoms. The minimum Gasteiger partial charge on any atom is -0.489 e. The first kappa shape index (κ1) is 13.7. The molecule has 1 heterocycles. The van der Waals surface area contributed by atoms with E-state index in [1.807, 2.05) is 12.1 Å². The van der Waals surface area contributed by atoms with Gasteiger partial charge in [-0.1, -0.05) is 35.9 Å². The predicted octanol–water partition coefficient (Wildman–Crippen LogP) is 3.52. The molecule has 0 aliphatic carbocycles. The van der Waals surface area contributed by atoms with Gasteiger partial charge >= 0.3 is 0 Å². The summed E-state index contributed by atoms with van der Waals surface area (Å²) in [6.45, 7) is 3.19. The number of rotatable bonds is 4. The number of nitrogens with two attached hydrogens (primary N) is 1. The number of ether oxygens (including phenoxy) is 1. The van der Waals surface area contributed by atoms with Gasteiger partial charge in [-0.15, -0.1) is 0 Å². The van der Waals surface area contributed by atoms with Crippen molar-refractivity contribution in [1.82, 2.24) is 4.57 Å². The van der Waals surface area contributed by atoms with E-state index < -0.39 is 0 Å². The molecule has 0 atom stereocenters. The van der Waals surface area contributed by atoms with E-state index in [0.29, 0.717) is 13.2 Å². The van der Waals surface area contributed by atoms with Crippen LogP contribution in [0.2, 0.25) is 0 Å². The molecule has 3 nitrogen and oxygen atoms in total. The highest BCUT2D eigenvalue weighted by molar-refractivity contribution is 5.86. The van der Waals surface area contributed by atoms with Crippen molar-refractivity contribution in [2.24, 2.45) is 12.8 Å². The van der Waals surface area contributed by atoms with Gasteiger partial charge in [0, 0.05) is 30.7 Å². The van der Waals surface area contributed by atoms with Crippen molar-refractivity contribution in [3.05, 3.63) is 65.4 Å². The van der Waals surface area contributed by atoms with Gasteiger partial charge in [-0.05, 0) is 24.6 Å². The summed E-state index contributed by atoms with van der Waals surface area (Å²) >= 11 is 0. The average molecular weight is 280 g/mol. The van der Waals surface area contributed by atoms with Gasteiger partial charge < -0.3 is 15.0 Å². The lowest BCUT2D eigenvalue weighted by Crippen LogP contribution is -1.99. The molecule has 0 aliphatic rings. The van der Waals surface area contributed by atoms with Crippen molar-refractivity contribution >= 4 is 10.9 Å². The Morgan fingerprint density at radius 2 is 1.81 bits per heavy atom.